The Morgan fingerprint density at radius 2 is 1.92 bits per heavy atom. The fraction of sp³-hybridized carbons (Fsp3) is 1.00. The SMILES string of the molecule is [B][C@@H]1O[C@]2(CC)[C@H](C)C1OC2(C)C. The Bertz CT molecular complexity index is 229. The van der Waals surface area contributed by atoms with Gasteiger partial charge in [0.1, 0.15) is 13.4 Å². The molecule has 2 nitrogen and oxygen atoms in total. The van der Waals surface area contributed by atoms with Crippen LogP contribution in [0.15, 0.2) is 0 Å². The van der Waals surface area contributed by atoms with Gasteiger partial charge in [0, 0.05) is 11.9 Å². The number of fused-ring (bicyclic) bond motifs is 2. The summed E-state index contributed by atoms with van der Waals surface area (Å²) in [7, 11) is 5.84. The zero-order chi connectivity index (χ0) is 9.85. The molecule has 13 heavy (non-hydrogen) atoms. The van der Waals surface area contributed by atoms with Crippen LogP contribution < -0.4 is 0 Å². The molecule has 0 aromatic heterocycles. The van der Waals surface area contributed by atoms with Gasteiger partial charge in [-0.15, -0.1) is 0 Å². The molecule has 3 heteroatoms. The third kappa shape index (κ3) is 0.923. The van der Waals surface area contributed by atoms with E-state index in [1.807, 2.05) is 0 Å². The molecule has 2 aliphatic heterocycles. The molecule has 0 N–H and O–H groups in total. The van der Waals surface area contributed by atoms with Crippen LogP contribution in [0.4, 0.5) is 0 Å². The van der Waals surface area contributed by atoms with E-state index < -0.39 is 0 Å². The smallest absolute Gasteiger partial charge is 0.112 e. The largest absolute Gasteiger partial charge is 0.376 e. The van der Waals surface area contributed by atoms with E-state index in [4.69, 9.17) is 17.3 Å². The van der Waals surface area contributed by atoms with Gasteiger partial charge in [0.25, 0.3) is 0 Å². The van der Waals surface area contributed by atoms with Gasteiger partial charge < -0.3 is 9.47 Å². The molecule has 1 unspecified atom stereocenters. The summed E-state index contributed by atoms with van der Waals surface area (Å²) >= 11 is 0. The Labute approximate surface area is 81.4 Å². The molecule has 0 aliphatic carbocycles. The van der Waals surface area contributed by atoms with Crippen LogP contribution in [-0.2, 0) is 9.47 Å². The highest BCUT2D eigenvalue weighted by atomic mass is 16.6. The van der Waals surface area contributed by atoms with Crippen molar-refractivity contribution in [2.75, 3.05) is 0 Å². The molecule has 2 saturated heterocycles. The molecule has 2 fully saturated rings. The highest BCUT2D eigenvalue weighted by molar-refractivity contribution is 6.11. The van der Waals surface area contributed by atoms with E-state index in [9.17, 15) is 0 Å². The highest BCUT2D eigenvalue weighted by Crippen LogP contribution is 2.54. The van der Waals surface area contributed by atoms with Gasteiger partial charge in [-0.3, -0.25) is 0 Å². The second-order valence-electron chi connectivity index (χ2n) is 4.71. The maximum absolute atomic E-state index is 5.92. The second-order valence-corrected chi connectivity index (χ2v) is 4.71. The normalized spacial score (nSPS) is 52.8. The van der Waals surface area contributed by atoms with Crippen molar-refractivity contribution in [1.82, 2.24) is 0 Å². The monoisotopic (exact) mass is 180 g/mol. The lowest BCUT2D eigenvalue weighted by atomic mass is 9.76. The fourth-order valence-corrected chi connectivity index (χ4v) is 3.10. The summed E-state index contributed by atoms with van der Waals surface area (Å²) in [6.07, 6.45) is 1.04. The van der Waals surface area contributed by atoms with Crippen molar-refractivity contribution in [3.8, 4) is 0 Å². The molecule has 2 radical (unpaired) electrons. The minimum Gasteiger partial charge on any atom is -0.376 e. The van der Waals surface area contributed by atoms with E-state index in [1.54, 1.807) is 0 Å². The van der Waals surface area contributed by atoms with E-state index in [0.717, 1.165) is 6.42 Å². The molecule has 0 spiro atoms. The van der Waals surface area contributed by atoms with Crippen molar-refractivity contribution >= 4 is 7.85 Å². The maximum atomic E-state index is 5.92. The topological polar surface area (TPSA) is 18.5 Å². The summed E-state index contributed by atoms with van der Waals surface area (Å²) in [5, 5.41) is 0. The van der Waals surface area contributed by atoms with Gasteiger partial charge in [-0.1, -0.05) is 13.8 Å². The predicted octanol–water partition coefficient (Wildman–Crippen LogP) is 1.47. The fourth-order valence-electron chi connectivity index (χ4n) is 3.10. The molecule has 2 bridgehead atoms. The van der Waals surface area contributed by atoms with Crippen LogP contribution in [-0.4, -0.2) is 31.2 Å². The highest BCUT2D eigenvalue weighted by Gasteiger charge is 2.65. The van der Waals surface area contributed by atoms with Crippen molar-refractivity contribution in [3.63, 3.8) is 0 Å². The summed E-state index contributed by atoms with van der Waals surface area (Å²) in [6.45, 7) is 8.51. The van der Waals surface area contributed by atoms with Gasteiger partial charge >= 0.3 is 0 Å². The van der Waals surface area contributed by atoms with Crippen LogP contribution >= 0.6 is 0 Å². The number of hydrogen-bond donors (Lipinski definition) is 0. The first-order valence-corrected chi connectivity index (χ1v) is 5.06. The molecule has 0 aromatic rings. The van der Waals surface area contributed by atoms with Gasteiger partial charge in [0.15, 0.2) is 0 Å². The zero-order valence-electron chi connectivity index (χ0n) is 8.83. The maximum Gasteiger partial charge on any atom is 0.112 e. The zero-order valence-corrected chi connectivity index (χ0v) is 8.83. The van der Waals surface area contributed by atoms with E-state index in [0.29, 0.717) is 5.92 Å². The van der Waals surface area contributed by atoms with Crippen molar-refractivity contribution in [1.29, 1.82) is 0 Å². The molecule has 2 heterocycles. The van der Waals surface area contributed by atoms with Crippen LogP contribution in [0.5, 0.6) is 0 Å². The number of rotatable bonds is 1. The number of ether oxygens (including phenoxy) is 2. The van der Waals surface area contributed by atoms with Gasteiger partial charge in [-0.05, 0) is 20.3 Å². The summed E-state index contributed by atoms with van der Waals surface area (Å²) in [5.41, 5.74) is -0.362. The molecule has 72 valence electrons. The first-order valence-electron chi connectivity index (χ1n) is 5.06. The minimum absolute atomic E-state index is 0.0787. The average molecular weight is 180 g/mol. The van der Waals surface area contributed by atoms with Crippen molar-refractivity contribution < 1.29 is 9.47 Å². The van der Waals surface area contributed by atoms with E-state index in [1.165, 1.54) is 0 Å². The van der Waals surface area contributed by atoms with Gasteiger partial charge in [0.2, 0.25) is 0 Å². The van der Waals surface area contributed by atoms with Crippen molar-refractivity contribution in [2.24, 2.45) is 5.92 Å². The predicted molar refractivity (Wildman–Crippen MR) is 51.8 cm³/mol. The molecule has 4 atom stereocenters. The van der Waals surface area contributed by atoms with Crippen LogP contribution in [0.1, 0.15) is 34.1 Å². The van der Waals surface area contributed by atoms with Gasteiger partial charge in [-0.25, -0.2) is 0 Å². The van der Waals surface area contributed by atoms with Crippen LogP contribution in [0.2, 0.25) is 0 Å². The molecule has 0 amide bonds. The molecule has 0 aromatic carbocycles. The third-order valence-electron chi connectivity index (χ3n) is 3.87. The van der Waals surface area contributed by atoms with E-state index in [-0.39, 0.29) is 23.3 Å². The van der Waals surface area contributed by atoms with Crippen LogP contribution in [0.25, 0.3) is 0 Å². The standard InChI is InChI=1S/C10H17BO2/c1-5-10-6(2)7(8(11)13-10)12-9(10,3)4/h6-8H,5H2,1-4H3/t6-,7?,8-,10-/m1/s1. The molecule has 2 rings (SSSR count). The number of hydrogen-bond acceptors (Lipinski definition) is 2. The lowest BCUT2D eigenvalue weighted by molar-refractivity contribution is -0.206. The van der Waals surface area contributed by atoms with Gasteiger partial charge in [-0.2, -0.15) is 0 Å². The van der Waals surface area contributed by atoms with Crippen LogP contribution in [0.3, 0.4) is 0 Å². The molecule has 2 aliphatic rings. The molecular formula is C10H17BO2. The van der Waals surface area contributed by atoms with Crippen LogP contribution in [0, 0.1) is 5.92 Å². The molecule has 0 saturated carbocycles. The third-order valence-corrected chi connectivity index (χ3v) is 3.87. The Morgan fingerprint density at radius 3 is 2.23 bits per heavy atom. The summed E-state index contributed by atoms with van der Waals surface area (Å²) in [4.78, 5) is 0. The van der Waals surface area contributed by atoms with Crippen molar-refractivity contribution in [2.45, 2.75) is 57.4 Å². The summed E-state index contributed by atoms with van der Waals surface area (Å²) < 4.78 is 11.8. The van der Waals surface area contributed by atoms with E-state index in [2.05, 4.69) is 27.7 Å². The van der Waals surface area contributed by atoms with Crippen molar-refractivity contribution in [3.05, 3.63) is 0 Å². The lowest BCUT2D eigenvalue weighted by Crippen LogP contribution is -2.53. The first kappa shape index (κ1) is 9.54. The lowest BCUT2D eigenvalue weighted by Gasteiger charge is -2.43. The van der Waals surface area contributed by atoms with Gasteiger partial charge in [0.05, 0.1) is 11.7 Å². The first-order chi connectivity index (χ1) is 5.94. The average Bonchev–Trinajstić information content (AvgIpc) is 2.38. The van der Waals surface area contributed by atoms with E-state index >= 15 is 0 Å². The second kappa shape index (κ2) is 2.51. The Morgan fingerprint density at radius 1 is 1.31 bits per heavy atom. The summed E-state index contributed by atoms with van der Waals surface area (Å²) in [5.74, 6) is 0.405. The Kier molecular flexibility index (Phi) is 1.84. The Balaban J connectivity index is 2.39. The summed E-state index contributed by atoms with van der Waals surface area (Å²) in [6, 6.07) is -0.233. The minimum atomic E-state index is -0.233. The quantitative estimate of drug-likeness (QED) is 0.569. The Hall–Kier alpha value is -0.0151. The molecular weight excluding hydrogens is 163 g/mol.